The van der Waals surface area contributed by atoms with Gasteiger partial charge >= 0.3 is 0 Å². The molecule has 0 saturated carbocycles. The minimum atomic E-state index is 0.0200. The van der Waals surface area contributed by atoms with Crippen LogP contribution >= 0.6 is 11.6 Å². The molecule has 0 spiro atoms. The number of nitrogens with one attached hydrogen (secondary N) is 1. The van der Waals surface area contributed by atoms with E-state index in [4.69, 9.17) is 16.1 Å². The molecule has 6 nitrogen and oxygen atoms in total. The molecule has 1 atom stereocenters. The van der Waals surface area contributed by atoms with E-state index in [0.29, 0.717) is 23.8 Å². The van der Waals surface area contributed by atoms with Gasteiger partial charge in [0.2, 0.25) is 5.91 Å². The molecule has 24 heavy (non-hydrogen) atoms. The second-order valence-corrected chi connectivity index (χ2v) is 6.49. The Labute approximate surface area is 146 Å². The lowest BCUT2D eigenvalue weighted by atomic mass is 10.1. The van der Waals surface area contributed by atoms with Gasteiger partial charge in [-0.15, -0.1) is 0 Å². The molecule has 2 aromatic rings. The highest BCUT2D eigenvalue weighted by Gasteiger charge is 2.22. The predicted molar refractivity (Wildman–Crippen MR) is 92.2 cm³/mol. The third kappa shape index (κ3) is 4.47. The van der Waals surface area contributed by atoms with E-state index in [1.165, 1.54) is 0 Å². The van der Waals surface area contributed by atoms with Crippen LogP contribution in [0, 0.1) is 6.92 Å². The molecule has 0 radical (unpaired) electrons. The van der Waals surface area contributed by atoms with Gasteiger partial charge in [-0.25, -0.2) is 4.98 Å². The largest absolute Gasteiger partial charge is 0.360 e. The average molecular weight is 349 g/mol. The summed E-state index contributed by atoms with van der Waals surface area (Å²) in [7, 11) is 0. The number of amides is 1. The molecule has 0 aliphatic carbocycles. The summed E-state index contributed by atoms with van der Waals surface area (Å²) in [5.74, 6) is 1.63. The molecular formula is C17H21ClN4O2. The molecule has 7 heteroatoms. The number of piperidine rings is 1. The number of aromatic nitrogens is 2. The van der Waals surface area contributed by atoms with Crippen LogP contribution in [0.1, 0.15) is 30.7 Å². The van der Waals surface area contributed by atoms with Crippen molar-refractivity contribution in [1.29, 1.82) is 0 Å². The molecule has 0 aromatic carbocycles. The molecule has 1 unspecified atom stereocenters. The van der Waals surface area contributed by atoms with E-state index in [1.807, 2.05) is 25.1 Å². The van der Waals surface area contributed by atoms with Crippen molar-refractivity contribution in [3.8, 4) is 0 Å². The van der Waals surface area contributed by atoms with Gasteiger partial charge in [0.15, 0.2) is 5.15 Å². The number of nitrogens with zero attached hydrogens (tertiary/aromatic N) is 3. The molecule has 1 aliphatic heterocycles. The van der Waals surface area contributed by atoms with Crippen molar-refractivity contribution in [2.24, 2.45) is 0 Å². The maximum Gasteiger partial charge on any atom is 0.220 e. The second kappa shape index (κ2) is 7.66. The molecule has 128 valence electrons. The highest BCUT2D eigenvalue weighted by molar-refractivity contribution is 6.29. The molecule has 1 saturated heterocycles. The number of pyridine rings is 1. The monoisotopic (exact) mass is 348 g/mol. The van der Waals surface area contributed by atoms with Crippen LogP contribution in [0.3, 0.4) is 0 Å². The standard InChI is InChI=1S/C17H21ClN4O2/c1-12-4-2-6-16(19-12)22-9-3-5-13(11-22)20-17(23)8-7-14-10-15(18)21-24-14/h2,4,6,10,13H,3,5,7-9,11H2,1H3,(H,20,23). The van der Waals surface area contributed by atoms with Crippen LogP contribution in [0.5, 0.6) is 0 Å². The summed E-state index contributed by atoms with van der Waals surface area (Å²) >= 11 is 5.70. The fraction of sp³-hybridized carbons (Fsp3) is 0.471. The third-order valence-electron chi connectivity index (χ3n) is 4.11. The number of carbonyl (C=O) groups excluding carboxylic acids is 1. The quantitative estimate of drug-likeness (QED) is 0.899. The van der Waals surface area contributed by atoms with Crippen molar-refractivity contribution in [1.82, 2.24) is 15.5 Å². The lowest BCUT2D eigenvalue weighted by Gasteiger charge is -2.34. The summed E-state index contributed by atoms with van der Waals surface area (Å²) in [6.45, 7) is 3.75. The first-order chi connectivity index (χ1) is 11.6. The summed E-state index contributed by atoms with van der Waals surface area (Å²) < 4.78 is 5.01. The van der Waals surface area contributed by atoms with Crippen molar-refractivity contribution in [2.45, 2.75) is 38.6 Å². The smallest absolute Gasteiger partial charge is 0.220 e. The van der Waals surface area contributed by atoms with Crippen LogP contribution in [0.4, 0.5) is 5.82 Å². The number of anilines is 1. The summed E-state index contributed by atoms with van der Waals surface area (Å²) in [6, 6.07) is 7.81. The summed E-state index contributed by atoms with van der Waals surface area (Å²) in [6.07, 6.45) is 2.90. The number of halogens is 1. The van der Waals surface area contributed by atoms with Crippen molar-refractivity contribution < 1.29 is 9.32 Å². The first-order valence-corrected chi connectivity index (χ1v) is 8.57. The molecule has 0 bridgehead atoms. The van der Waals surface area contributed by atoms with Gasteiger partial charge in [-0.05, 0) is 31.9 Å². The number of carbonyl (C=O) groups is 1. The first-order valence-electron chi connectivity index (χ1n) is 8.19. The summed E-state index contributed by atoms with van der Waals surface area (Å²) in [4.78, 5) is 19.0. The van der Waals surface area contributed by atoms with E-state index in [1.54, 1.807) is 6.07 Å². The van der Waals surface area contributed by atoms with E-state index in [0.717, 1.165) is 37.4 Å². The van der Waals surface area contributed by atoms with Crippen LogP contribution in [-0.4, -0.2) is 35.2 Å². The topological polar surface area (TPSA) is 71.3 Å². The third-order valence-corrected chi connectivity index (χ3v) is 4.29. The zero-order chi connectivity index (χ0) is 16.9. The van der Waals surface area contributed by atoms with Crippen molar-refractivity contribution >= 4 is 23.3 Å². The fourth-order valence-electron chi connectivity index (χ4n) is 2.95. The molecule has 3 heterocycles. The van der Waals surface area contributed by atoms with Gasteiger partial charge < -0.3 is 14.7 Å². The summed E-state index contributed by atoms with van der Waals surface area (Å²) in [5, 5.41) is 7.03. The van der Waals surface area contributed by atoms with Gasteiger partial charge in [0.1, 0.15) is 11.6 Å². The zero-order valence-electron chi connectivity index (χ0n) is 13.7. The molecule has 1 amide bonds. The van der Waals surface area contributed by atoms with Gasteiger partial charge in [-0.1, -0.05) is 22.8 Å². The van der Waals surface area contributed by atoms with Gasteiger partial charge in [0.25, 0.3) is 0 Å². The first kappa shape index (κ1) is 16.8. The van der Waals surface area contributed by atoms with Crippen LogP contribution < -0.4 is 10.2 Å². The van der Waals surface area contributed by atoms with Crippen LogP contribution in [-0.2, 0) is 11.2 Å². The van der Waals surface area contributed by atoms with E-state index < -0.39 is 0 Å². The van der Waals surface area contributed by atoms with Gasteiger partial charge in [-0.3, -0.25) is 4.79 Å². The molecule has 3 rings (SSSR count). The van der Waals surface area contributed by atoms with E-state index in [-0.39, 0.29) is 11.9 Å². The number of aryl methyl sites for hydroxylation is 2. The minimum Gasteiger partial charge on any atom is -0.360 e. The number of rotatable bonds is 5. The van der Waals surface area contributed by atoms with E-state index in [2.05, 4.69) is 20.4 Å². The highest BCUT2D eigenvalue weighted by atomic mass is 35.5. The maximum absolute atomic E-state index is 12.1. The Morgan fingerprint density at radius 1 is 1.50 bits per heavy atom. The highest BCUT2D eigenvalue weighted by Crippen LogP contribution is 2.18. The van der Waals surface area contributed by atoms with Gasteiger partial charge in [-0.2, -0.15) is 0 Å². The minimum absolute atomic E-state index is 0.0200. The molecule has 1 aliphatic rings. The average Bonchev–Trinajstić information content (AvgIpc) is 2.99. The Bertz CT molecular complexity index is 703. The van der Waals surface area contributed by atoms with Crippen molar-refractivity contribution in [3.63, 3.8) is 0 Å². The molecule has 1 fully saturated rings. The Kier molecular flexibility index (Phi) is 5.35. The molecule has 2 aromatic heterocycles. The summed E-state index contributed by atoms with van der Waals surface area (Å²) in [5.41, 5.74) is 1.00. The van der Waals surface area contributed by atoms with E-state index >= 15 is 0 Å². The maximum atomic E-state index is 12.1. The van der Waals surface area contributed by atoms with Gasteiger partial charge in [0.05, 0.1) is 0 Å². The normalized spacial score (nSPS) is 17.8. The fourth-order valence-corrected chi connectivity index (χ4v) is 3.11. The molecule has 1 N–H and O–H groups in total. The van der Waals surface area contributed by atoms with Crippen molar-refractivity contribution in [3.05, 3.63) is 40.9 Å². The Morgan fingerprint density at radius 2 is 2.38 bits per heavy atom. The lowest BCUT2D eigenvalue weighted by Crippen LogP contribution is -2.48. The molecular weight excluding hydrogens is 328 g/mol. The Hall–Kier alpha value is -2.08. The Balaban J connectivity index is 1.50. The van der Waals surface area contributed by atoms with Crippen LogP contribution in [0.2, 0.25) is 5.15 Å². The van der Waals surface area contributed by atoms with Crippen LogP contribution in [0.25, 0.3) is 0 Å². The van der Waals surface area contributed by atoms with E-state index in [9.17, 15) is 4.79 Å². The number of hydrogen-bond donors (Lipinski definition) is 1. The van der Waals surface area contributed by atoms with Gasteiger partial charge in [0, 0.05) is 43.7 Å². The SMILES string of the molecule is Cc1cccc(N2CCCC(NC(=O)CCc3cc(Cl)no3)C2)n1. The second-order valence-electron chi connectivity index (χ2n) is 6.11. The van der Waals surface area contributed by atoms with Crippen molar-refractivity contribution in [2.75, 3.05) is 18.0 Å². The number of hydrogen-bond acceptors (Lipinski definition) is 5. The zero-order valence-corrected chi connectivity index (χ0v) is 14.4. The van der Waals surface area contributed by atoms with Crippen LogP contribution in [0.15, 0.2) is 28.8 Å². The predicted octanol–water partition coefficient (Wildman–Crippen LogP) is 2.75. The lowest BCUT2D eigenvalue weighted by molar-refractivity contribution is -0.121. The Morgan fingerprint density at radius 3 is 3.12 bits per heavy atom.